The summed E-state index contributed by atoms with van der Waals surface area (Å²) in [5.41, 5.74) is 0. The van der Waals surface area contributed by atoms with Crippen LogP contribution < -0.4 is 5.32 Å². The summed E-state index contributed by atoms with van der Waals surface area (Å²) in [7, 11) is -3.67. The topological polar surface area (TPSA) is 92.3 Å². The first-order chi connectivity index (χ1) is 8.95. The highest BCUT2D eigenvalue weighted by atomic mass is 35.5. The standard InChI is InChI=1S/C9H13ClN4O3S2/c1-6(15)11-8-12-13-9(18-8)19(16,17)14-4-2-3-7(14)5-10/h7H,2-5H2,1H3,(H,11,12,15). The van der Waals surface area contributed by atoms with Gasteiger partial charge in [0.2, 0.25) is 15.4 Å². The number of halogens is 1. The van der Waals surface area contributed by atoms with Gasteiger partial charge >= 0.3 is 0 Å². The molecule has 1 amide bonds. The van der Waals surface area contributed by atoms with Crippen molar-refractivity contribution in [2.45, 2.75) is 30.1 Å². The molecule has 1 aromatic heterocycles. The zero-order valence-electron chi connectivity index (χ0n) is 10.2. The molecule has 2 rings (SSSR count). The minimum atomic E-state index is -3.67. The number of alkyl halides is 1. The predicted molar refractivity (Wildman–Crippen MR) is 71.8 cm³/mol. The highest BCUT2D eigenvalue weighted by molar-refractivity contribution is 7.91. The average molecular weight is 325 g/mol. The van der Waals surface area contributed by atoms with Gasteiger partial charge in [-0.25, -0.2) is 8.42 Å². The molecule has 0 aromatic carbocycles. The Kier molecular flexibility index (Phi) is 4.39. The van der Waals surface area contributed by atoms with Crippen LogP contribution in [0.5, 0.6) is 0 Å². The monoisotopic (exact) mass is 324 g/mol. The fourth-order valence-electron chi connectivity index (χ4n) is 1.90. The first-order valence-electron chi connectivity index (χ1n) is 5.64. The summed E-state index contributed by atoms with van der Waals surface area (Å²) < 4.78 is 26.0. The maximum Gasteiger partial charge on any atom is 0.272 e. The van der Waals surface area contributed by atoms with Crippen molar-refractivity contribution in [1.29, 1.82) is 0 Å². The Labute approximate surface area is 120 Å². The fraction of sp³-hybridized carbons (Fsp3) is 0.667. The van der Waals surface area contributed by atoms with Gasteiger partial charge in [-0.2, -0.15) is 4.31 Å². The lowest BCUT2D eigenvalue weighted by Gasteiger charge is -2.20. The molecular formula is C9H13ClN4O3S2. The summed E-state index contributed by atoms with van der Waals surface area (Å²) in [6, 6.07) is -0.195. The van der Waals surface area contributed by atoms with Gasteiger partial charge in [-0.1, -0.05) is 11.3 Å². The Morgan fingerprint density at radius 1 is 1.58 bits per heavy atom. The summed E-state index contributed by atoms with van der Waals surface area (Å²) in [5, 5.41) is 9.86. The Morgan fingerprint density at radius 2 is 2.32 bits per heavy atom. The highest BCUT2D eigenvalue weighted by Crippen LogP contribution is 2.29. The number of sulfonamides is 1. The van der Waals surface area contributed by atoms with Crippen molar-refractivity contribution < 1.29 is 13.2 Å². The second kappa shape index (κ2) is 5.70. The zero-order chi connectivity index (χ0) is 14.0. The van der Waals surface area contributed by atoms with Crippen LogP contribution >= 0.6 is 22.9 Å². The van der Waals surface area contributed by atoms with Gasteiger partial charge in [-0.15, -0.1) is 21.8 Å². The Hall–Kier alpha value is -0.770. The molecule has 106 valence electrons. The number of carbonyl (C=O) groups is 1. The van der Waals surface area contributed by atoms with E-state index < -0.39 is 10.0 Å². The molecule has 0 radical (unpaired) electrons. The average Bonchev–Trinajstić information content (AvgIpc) is 2.95. The summed E-state index contributed by atoms with van der Waals surface area (Å²) in [6.45, 7) is 1.76. The third-order valence-electron chi connectivity index (χ3n) is 2.72. The van der Waals surface area contributed by atoms with Crippen LogP contribution in [0.2, 0.25) is 0 Å². The van der Waals surface area contributed by atoms with Crippen molar-refractivity contribution in [2.75, 3.05) is 17.7 Å². The number of amides is 1. The van der Waals surface area contributed by atoms with Gasteiger partial charge in [0.15, 0.2) is 0 Å². The summed E-state index contributed by atoms with van der Waals surface area (Å²) in [6.07, 6.45) is 1.54. The van der Waals surface area contributed by atoms with Crippen molar-refractivity contribution in [3.63, 3.8) is 0 Å². The predicted octanol–water partition coefficient (Wildman–Crippen LogP) is 0.888. The van der Waals surface area contributed by atoms with Crippen LogP contribution in [0.1, 0.15) is 19.8 Å². The molecule has 2 heterocycles. The van der Waals surface area contributed by atoms with E-state index in [2.05, 4.69) is 15.5 Å². The van der Waals surface area contributed by atoms with Crippen molar-refractivity contribution in [1.82, 2.24) is 14.5 Å². The molecule has 1 unspecified atom stereocenters. The number of carbonyl (C=O) groups excluding carboxylic acids is 1. The highest BCUT2D eigenvalue weighted by Gasteiger charge is 2.37. The molecule has 1 aromatic rings. The van der Waals surface area contributed by atoms with E-state index in [1.807, 2.05) is 0 Å². The van der Waals surface area contributed by atoms with E-state index in [0.29, 0.717) is 6.54 Å². The van der Waals surface area contributed by atoms with E-state index in [0.717, 1.165) is 24.2 Å². The van der Waals surface area contributed by atoms with E-state index in [1.165, 1.54) is 11.2 Å². The van der Waals surface area contributed by atoms with Crippen molar-refractivity contribution >= 4 is 44.0 Å². The van der Waals surface area contributed by atoms with E-state index >= 15 is 0 Å². The third kappa shape index (κ3) is 3.04. The second-order valence-electron chi connectivity index (χ2n) is 4.12. The Morgan fingerprint density at radius 3 is 2.95 bits per heavy atom. The summed E-state index contributed by atoms with van der Waals surface area (Å²) in [5.74, 6) is -0.0590. The first-order valence-corrected chi connectivity index (χ1v) is 8.43. The molecule has 1 saturated heterocycles. The zero-order valence-corrected chi connectivity index (χ0v) is 12.6. The molecule has 0 saturated carbocycles. The van der Waals surface area contributed by atoms with Gasteiger partial charge < -0.3 is 5.32 Å². The number of nitrogens with one attached hydrogen (secondary N) is 1. The summed E-state index contributed by atoms with van der Waals surface area (Å²) >= 11 is 6.62. The molecule has 1 N–H and O–H groups in total. The Balaban J connectivity index is 2.24. The normalized spacial score (nSPS) is 20.6. The molecule has 1 aliphatic heterocycles. The molecule has 0 bridgehead atoms. The van der Waals surface area contributed by atoms with Crippen LogP contribution in [0.25, 0.3) is 0 Å². The lowest BCUT2D eigenvalue weighted by atomic mass is 10.3. The molecule has 19 heavy (non-hydrogen) atoms. The number of anilines is 1. The Bertz CT molecular complexity index is 574. The van der Waals surface area contributed by atoms with Gasteiger partial charge in [0.1, 0.15) is 0 Å². The van der Waals surface area contributed by atoms with Gasteiger partial charge in [0.05, 0.1) is 0 Å². The molecule has 0 aliphatic carbocycles. The van der Waals surface area contributed by atoms with Crippen molar-refractivity contribution in [3.8, 4) is 0 Å². The molecule has 1 fully saturated rings. The SMILES string of the molecule is CC(=O)Nc1nnc(S(=O)(=O)N2CCCC2CCl)s1. The maximum absolute atomic E-state index is 12.4. The first kappa shape index (κ1) is 14.6. The van der Waals surface area contributed by atoms with Crippen molar-refractivity contribution in [3.05, 3.63) is 0 Å². The van der Waals surface area contributed by atoms with Gasteiger partial charge in [-0.3, -0.25) is 4.79 Å². The van der Waals surface area contributed by atoms with Crippen LogP contribution in [0, 0.1) is 0 Å². The van der Waals surface area contributed by atoms with Crippen LogP contribution in [0.3, 0.4) is 0 Å². The van der Waals surface area contributed by atoms with Gasteiger partial charge in [0.25, 0.3) is 10.0 Å². The van der Waals surface area contributed by atoms with Gasteiger partial charge in [-0.05, 0) is 12.8 Å². The number of aromatic nitrogens is 2. The molecule has 7 nitrogen and oxygen atoms in total. The molecule has 1 aliphatic rings. The fourth-order valence-corrected chi connectivity index (χ4v) is 5.05. The van der Waals surface area contributed by atoms with E-state index in [-0.39, 0.29) is 27.3 Å². The number of rotatable bonds is 4. The molecular weight excluding hydrogens is 312 g/mol. The largest absolute Gasteiger partial charge is 0.301 e. The maximum atomic E-state index is 12.4. The van der Waals surface area contributed by atoms with E-state index in [1.54, 1.807) is 0 Å². The van der Waals surface area contributed by atoms with Crippen LogP contribution in [-0.4, -0.2) is 47.3 Å². The third-order valence-corrected chi connectivity index (χ3v) is 6.21. The van der Waals surface area contributed by atoms with Crippen molar-refractivity contribution in [2.24, 2.45) is 0 Å². The molecule has 1 atom stereocenters. The lowest BCUT2D eigenvalue weighted by molar-refractivity contribution is -0.114. The van der Waals surface area contributed by atoms with E-state index in [9.17, 15) is 13.2 Å². The summed E-state index contributed by atoms with van der Waals surface area (Å²) in [4.78, 5) is 10.9. The van der Waals surface area contributed by atoms with Crippen LogP contribution in [0.4, 0.5) is 5.13 Å². The van der Waals surface area contributed by atoms with Crippen LogP contribution in [0.15, 0.2) is 4.34 Å². The van der Waals surface area contributed by atoms with Crippen LogP contribution in [-0.2, 0) is 14.8 Å². The minimum Gasteiger partial charge on any atom is -0.301 e. The number of hydrogen-bond acceptors (Lipinski definition) is 6. The number of nitrogens with zero attached hydrogens (tertiary/aromatic N) is 3. The molecule has 10 heteroatoms. The molecule has 0 spiro atoms. The lowest BCUT2D eigenvalue weighted by Crippen LogP contribution is -2.36. The van der Waals surface area contributed by atoms with E-state index in [4.69, 9.17) is 11.6 Å². The second-order valence-corrected chi connectivity index (χ2v) is 7.47. The number of hydrogen-bond donors (Lipinski definition) is 1. The smallest absolute Gasteiger partial charge is 0.272 e. The van der Waals surface area contributed by atoms with Gasteiger partial charge in [0, 0.05) is 25.4 Å². The quantitative estimate of drug-likeness (QED) is 0.656. The minimum absolute atomic E-state index is 0.117.